The molecule has 0 aliphatic carbocycles. The summed E-state index contributed by atoms with van der Waals surface area (Å²) in [4.78, 5) is 20.4. The Balaban J connectivity index is 4.21. The maximum atomic E-state index is 10.2. The SMILES string of the molecule is C[N+](CCO)(CCO)CC(O)COP(=O)([O-])[O-]. The van der Waals surface area contributed by atoms with Crippen molar-refractivity contribution in [3.8, 4) is 0 Å². The van der Waals surface area contributed by atoms with Crippen molar-refractivity contribution in [3.05, 3.63) is 0 Å². The van der Waals surface area contributed by atoms with Gasteiger partial charge in [-0.1, -0.05) is 0 Å². The molecule has 17 heavy (non-hydrogen) atoms. The predicted octanol–water partition coefficient (Wildman–Crippen LogP) is -3.38. The summed E-state index contributed by atoms with van der Waals surface area (Å²) in [5.74, 6) is 0. The number of phosphoric acid groups is 1. The summed E-state index contributed by atoms with van der Waals surface area (Å²) in [7, 11) is -3.40. The van der Waals surface area contributed by atoms with E-state index in [1.165, 1.54) is 0 Å². The van der Waals surface area contributed by atoms with Crippen molar-refractivity contribution < 1.29 is 38.7 Å². The van der Waals surface area contributed by atoms with Gasteiger partial charge in [-0.15, -0.1) is 0 Å². The molecule has 8 nitrogen and oxygen atoms in total. The van der Waals surface area contributed by atoms with Crippen LogP contribution in [0.2, 0.25) is 0 Å². The molecule has 0 saturated heterocycles. The Labute approximate surface area is 99.9 Å². The molecule has 3 N–H and O–H groups in total. The van der Waals surface area contributed by atoms with E-state index < -0.39 is 20.5 Å². The molecule has 0 amide bonds. The first kappa shape index (κ1) is 16.9. The van der Waals surface area contributed by atoms with E-state index in [1.807, 2.05) is 0 Å². The molecule has 0 heterocycles. The van der Waals surface area contributed by atoms with Crippen LogP contribution in [0.15, 0.2) is 0 Å². The van der Waals surface area contributed by atoms with E-state index in [2.05, 4.69) is 4.52 Å². The maximum Gasteiger partial charge on any atom is 0.126 e. The fourth-order valence-corrected chi connectivity index (χ4v) is 1.87. The van der Waals surface area contributed by atoms with Gasteiger partial charge in [-0.25, -0.2) is 0 Å². The minimum absolute atomic E-state index is 0.0706. The highest BCUT2D eigenvalue weighted by atomic mass is 31.2. The molecule has 1 unspecified atom stereocenters. The second kappa shape index (κ2) is 7.40. The van der Waals surface area contributed by atoms with Gasteiger partial charge in [-0.2, -0.15) is 0 Å². The molecule has 0 fully saturated rings. The van der Waals surface area contributed by atoms with Crippen molar-refractivity contribution in [1.29, 1.82) is 0 Å². The summed E-state index contributed by atoms with van der Waals surface area (Å²) in [6.45, 7) is -0.221. The number of likely N-dealkylation sites (N-methyl/N-ethyl adjacent to an activating group) is 1. The Morgan fingerprint density at radius 2 is 1.76 bits per heavy atom. The largest absolute Gasteiger partial charge is 0.790 e. The lowest BCUT2D eigenvalue weighted by Gasteiger charge is -2.36. The third kappa shape index (κ3) is 8.64. The van der Waals surface area contributed by atoms with Gasteiger partial charge in [0.2, 0.25) is 0 Å². The Hall–Kier alpha value is -0.0500. The van der Waals surface area contributed by atoms with E-state index in [0.29, 0.717) is 13.1 Å². The molecule has 0 aromatic rings. The molecular formula is C8H19NO7P-. The van der Waals surface area contributed by atoms with Crippen molar-refractivity contribution in [2.24, 2.45) is 0 Å². The summed E-state index contributed by atoms with van der Waals surface area (Å²) in [5, 5.41) is 27.2. The molecule has 0 radical (unpaired) electrons. The van der Waals surface area contributed by atoms with Gasteiger partial charge in [0.05, 0.1) is 34.7 Å². The molecule has 1 atom stereocenters. The second-order valence-corrected chi connectivity index (χ2v) is 5.25. The van der Waals surface area contributed by atoms with Gasteiger partial charge in [0.25, 0.3) is 0 Å². The molecule has 0 aliphatic heterocycles. The summed E-state index contributed by atoms with van der Waals surface area (Å²) in [6.07, 6.45) is -1.16. The predicted molar refractivity (Wildman–Crippen MR) is 54.5 cm³/mol. The van der Waals surface area contributed by atoms with Gasteiger partial charge in [-0.3, -0.25) is 0 Å². The molecule has 0 rings (SSSR count). The fraction of sp³-hybridized carbons (Fsp3) is 1.00. The first-order chi connectivity index (χ1) is 7.72. The van der Waals surface area contributed by atoms with Crippen LogP contribution >= 0.6 is 7.82 Å². The standard InChI is InChI=1S/C8H20NO7P/c1-9(2-4-10,3-5-11)6-8(12)7-16-17(13,14)15/h8,10-12H,2-7H2,1H3,(H-,13,14,15)/p-1. The molecule has 0 bridgehead atoms. The van der Waals surface area contributed by atoms with Crippen molar-refractivity contribution in [3.63, 3.8) is 0 Å². The van der Waals surface area contributed by atoms with Crippen LogP contribution in [0, 0.1) is 0 Å². The molecule has 104 valence electrons. The number of hydrogen-bond acceptors (Lipinski definition) is 7. The average Bonchev–Trinajstić information content (AvgIpc) is 2.14. The highest BCUT2D eigenvalue weighted by Gasteiger charge is 2.24. The van der Waals surface area contributed by atoms with Crippen LogP contribution < -0.4 is 9.79 Å². The number of aliphatic hydroxyl groups is 3. The van der Waals surface area contributed by atoms with Crippen LogP contribution in [0.4, 0.5) is 0 Å². The Bertz CT molecular complexity index is 250. The highest BCUT2D eigenvalue weighted by molar-refractivity contribution is 7.43. The van der Waals surface area contributed by atoms with E-state index in [4.69, 9.17) is 10.2 Å². The van der Waals surface area contributed by atoms with E-state index in [0.717, 1.165) is 0 Å². The quantitative estimate of drug-likeness (QED) is 0.294. The minimum atomic E-state index is -5.08. The lowest BCUT2D eigenvalue weighted by molar-refractivity contribution is -0.913. The second-order valence-electron chi connectivity index (χ2n) is 4.09. The number of hydrogen-bond donors (Lipinski definition) is 3. The summed E-state index contributed by atoms with van der Waals surface area (Å²) in [6, 6.07) is 0. The fourth-order valence-electron chi connectivity index (χ4n) is 1.52. The van der Waals surface area contributed by atoms with Crippen LogP contribution in [0.25, 0.3) is 0 Å². The number of aliphatic hydroxyl groups excluding tert-OH is 3. The third-order valence-electron chi connectivity index (χ3n) is 2.36. The molecule has 0 saturated carbocycles. The highest BCUT2D eigenvalue weighted by Crippen LogP contribution is 2.24. The van der Waals surface area contributed by atoms with E-state index in [1.54, 1.807) is 7.05 Å². The zero-order chi connectivity index (χ0) is 13.5. The lowest BCUT2D eigenvalue weighted by Crippen LogP contribution is -2.53. The minimum Gasteiger partial charge on any atom is -0.790 e. The third-order valence-corrected chi connectivity index (χ3v) is 2.82. The summed E-state index contributed by atoms with van der Waals surface area (Å²) < 4.78 is 14.3. The van der Waals surface area contributed by atoms with Crippen LogP contribution in [-0.2, 0) is 9.09 Å². The van der Waals surface area contributed by atoms with E-state index in [9.17, 15) is 19.5 Å². The number of rotatable bonds is 9. The summed E-state index contributed by atoms with van der Waals surface area (Å²) >= 11 is 0. The van der Waals surface area contributed by atoms with Crippen LogP contribution in [0.5, 0.6) is 0 Å². The van der Waals surface area contributed by atoms with Crippen LogP contribution in [0.3, 0.4) is 0 Å². The van der Waals surface area contributed by atoms with E-state index in [-0.39, 0.29) is 24.2 Å². The zero-order valence-electron chi connectivity index (χ0n) is 9.69. The number of phosphoric ester groups is 1. The summed E-state index contributed by atoms with van der Waals surface area (Å²) in [5.41, 5.74) is 0. The molecular weight excluding hydrogens is 253 g/mol. The van der Waals surface area contributed by atoms with Crippen molar-refractivity contribution >= 4 is 7.82 Å². The van der Waals surface area contributed by atoms with Gasteiger partial charge in [0.1, 0.15) is 25.7 Å². The van der Waals surface area contributed by atoms with Crippen LogP contribution in [-0.4, -0.2) is 72.4 Å². The van der Waals surface area contributed by atoms with Crippen molar-refractivity contribution in [2.45, 2.75) is 6.10 Å². The average molecular weight is 272 g/mol. The topological polar surface area (TPSA) is 133 Å². The molecule has 0 spiro atoms. The first-order valence-corrected chi connectivity index (χ1v) is 6.58. The van der Waals surface area contributed by atoms with Crippen molar-refractivity contribution in [2.75, 3.05) is 46.5 Å². The molecule has 0 aromatic heterocycles. The molecule has 0 aromatic carbocycles. The smallest absolute Gasteiger partial charge is 0.126 e. The molecule has 9 heteroatoms. The lowest BCUT2D eigenvalue weighted by atomic mass is 10.3. The van der Waals surface area contributed by atoms with Crippen LogP contribution in [0.1, 0.15) is 0 Å². The van der Waals surface area contributed by atoms with Gasteiger partial charge in [-0.05, 0) is 0 Å². The Kier molecular flexibility index (Phi) is 7.38. The number of nitrogens with zero attached hydrogens (tertiary/aromatic N) is 1. The maximum absolute atomic E-state index is 10.2. The van der Waals surface area contributed by atoms with E-state index >= 15 is 0 Å². The first-order valence-electron chi connectivity index (χ1n) is 5.12. The Morgan fingerprint density at radius 1 is 1.29 bits per heavy atom. The normalized spacial score (nSPS) is 14.9. The van der Waals surface area contributed by atoms with Crippen molar-refractivity contribution in [1.82, 2.24) is 0 Å². The van der Waals surface area contributed by atoms with Gasteiger partial charge in [0.15, 0.2) is 0 Å². The van der Waals surface area contributed by atoms with Gasteiger partial charge in [0, 0.05) is 0 Å². The Morgan fingerprint density at radius 3 is 2.12 bits per heavy atom. The van der Waals surface area contributed by atoms with Gasteiger partial charge >= 0.3 is 0 Å². The number of quaternary nitrogens is 1. The monoisotopic (exact) mass is 272 g/mol. The zero-order valence-corrected chi connectivity index (χ0v) is 10.6. The molecule has 0 aliphatic rings. The van der Waals surface area contributed by atoms with Gasteiger partial charge < -0.3 is 38.7 Å².